The van der Waals surface area contributed by atoms with E-state index in [-0.39, 0.29) is 11.7 Å². The largest absolute Gasteiger partial charge is 0.480 e. The van der Waals surface area contributed by atoms with E-state index >= 15 is 0 Å². The monoisotopic (exact) mass is 409 g/mol. The summed E-state index contributed by atoms with van der Waals surface area (Å²) < 4.78 is 45.2. The first kappa shape index (κ1) is 20.1. The quantitative estimate of drug-likeness (QED) is 0.761. The van der Waals surface area contributed by atoms with Gasteiger partial charge in [0.05, 0.1) is 34.4 Å². The molecule has 9 heteroatoms. The Balaban J connectivity index is 1.83. The van der Waals surface area contributed by atoms with E-state index < -0.39 is 28.8 Å². The third kappa shape index (κ3) is 3.97. The van der Waals surface area contributed by atoms with Crippen molar-refractivity contribution in [2.24, 2.45) is 5.41 Å². The van der Waals surface area contributed by atoms with Crippen LogP contribution in [0.3, 0.4) is 0 Å². The number of amides is 1. The third-order valence-corrected chi connectivity index (χ3v) is 5.36. The molecule has 1 saturated heterocycles. The Kier molecular flexibility index (Phi) is 5.10. The van der Waals surface area contributed by atoms with Crippen molar-refractivity contribution in [2.75, 3.05) is 6.54 Å². The Morgan fingerprint density at radius 3 is 2.71 bits per heavy atom. The number of ether oxygens (including phenoxy) is 1. The van der Waals surface area contributed by atoms with Gasteiger partial charge in [-0.3, -0.25) is 4.79 Å². The van der Waals surface area contributed by atoms with Gasteiger partial charge in [0, 0.05) is 17.3 Å². The van der Waals surface area contributed by atoms with Crippen LogP contribution in [0.25, 0.3) is 0 Å². The van der Waals surface area contributed by atoms with E-state index in [0.29, 0.717) is 13.1 Å². The fourth-order valence-electron chi connectivity index (χ4n) is 3.24. The fourth-order valence-corrected chi connectivity index (χ4v) is 3.84. The zero-order valence-electron chi connectivity index (χ0n) is 15.5. The summed E-state index contributed by atoms with van der Waals surface area (Å²) in [6, 6.07) is 4.64. The van der Waals surface area contributed by atoms with Gasteiger partial charge < -0.3 is 9.64 Å². The molecule has 1 aliphatic rings. The van der Waals surface area contributed by atoms with Crippen LogP contribution < -0.4 is 4.74 Å². The average Bonchev–Trinajstić information content (AvgIpc) is 3.10. The molecular formula is C19H18F3N3O2S. The molecule has 0 radical (unpaired) electrons. The first-order chi connectivity index (χ1) is 13.0. The first-order valence-electron chi connectivity index (χ1n) is 8.49. The molecule has 1 aromatic heterocycles. The molecule has 5 nitrogen and oxygen atoms in total. The number of alkyl halides is 3. The highest BCUT2D eigenvalue weighted by Crippen LogP contribution is 2.38. The summed E-state index contributed by atoms with van der Waals surface area (Å²) in [4.78, 5) is 18.8. The van der Waals surface area contributed by atoms with Gasteiger partial charge >= 0.3 is 6.18 Å². The molecule has 148 valence electrons. The molecule has 2 heterocycles. The number of hydrogen-bond acceptors (Lipinski definition) is 5. The van der Waals surface area contributed by atoms with Crippen molar-refractivity contribution in [3.05, 3.63) is 45.4 Å². The second-order valence-corrected chi connectivity index (χ2v) is 8.42. The van der Waals surface area contributed by atoms with E-state index in [4.69, 9.17) is 10.00 Å². The molecule has 1 atom stereocenters. The van der Waals surface area contributed by atoms with Gasteiger partial charge in [0.2, 0.25) is 0 Å². The number of halogens is 3. The molecule has 1 amide bonds. The number of benzene rings is 1. The summed E-state index contributed by atoms with van der Waals surface area (Å²) in [6.45, 7) is 6.26. The molecular weight excluding hydrogens is 391 g/mol. The summed E-state index contributed by atoms with van der Waals surface area (Å²) >= 11 is 1.49. The standard InChI is InChI=1S/C19H18F3N3O2S/c1-11-24-13(9-28-11)8-25-10-18(2,3)16(17(25)26)27-14-5-4-12(7-23)15(6-14)19(20,21)22/h4-6,9,16H,8,10H2,1-3H3. The lowest BCUT2D eigenvalue weighted by Crippen LogP contribution is -2.36. The summed E-state index contributed by atoms with van der Waals surface area (Å²) in [5.74, 6) is -0.391. The van der Waals surface area contributed by atoms with Crippen molar-refractivity contribution in [1.29, 1.82) is 5.26 Å². The topological polar surface area (TPSA) is 66.2 Å². The van der Waals surface area contributed by atoms with Crippen LogP contribution >= 0.6 is 11.3 Å². The van der Waals surface area contributed by atoms with Crippen LogP contribution in [0.15, 0.2) is 23.6 Å². The summed E-state index contributed by atoms with van der Waals surface area (Å²) in [5, 5.41) is 11.7. The Morgan fingerprint density at radius 2 is 2.14 bits per heavy atom. The molecule has 3 rings (SSSR count). The molecule has 1 unspecified atom stereocenters. The molecule has 0 bridgehead atoms. The van der Waals surface area contributed by atoms with E-state index in [2.05, 4.69) is 4.98 Å². The SMILES string of the molecule is Cc1nc(CN2CC(C)(C)C(Oc3ccc(C#N)c(C(F)(F)F)c3)C2=O)cs1. The van der Waals surface area contributed by atoms with Crippen molar-refractivity contribution in [2.45, 2.75) is 39.6 Å². The number of carbonyl (C=O) groups excluding carboxylic acids is 1. The van der Waals surface area contributed by atoms with Crippen molar-refractivity contribution < 1.29 is 22.7 Å². The number of aromatic nitrogens is 1. The van der Waals surface area contributed by atoms with Gasteiger partial charge in [-0.15, -0.1) is 11.3 Å². The minimum atomic E-state index is -4.69. The Labute approximate surface area is 164 Å². The first-order valence-corrected chi connectivity index (χ1v) is 9.37. The highest BCUT2D eigenvalue weighted by molar-refractivity contribution is 7.09. The van der Waals surface area contributed by atoms with Gasteiger partial charge in [-0.2, -0.15) is 18.4 Å². The van der Waals surface area contributed by atoms with Gasteiger partial charge in [-0.25, -0.2) is 4.98 Å². The van der Waals surface area contributed by atoms with Crippen LogP contribution in [-0.4, -0.2) is 28.4 Å². The fraction of sp³-hybridized carbons (Fsp3) is 0.421. The van der Waals surface area contributed by atoms with Gasteiger partial charge in [-0.05, 0) is 25.1 Å². The normalized spacial score (nSPS) is 19.0. The maximum atomic E-state index is 13.2. The molecule has 1 aliphatic heterocycles. The lowest BCUT2D eigenvalue weighted by molar-refractivity contribution is -0.138. The van der Waals surface area contributed by atoms with Crippen LogP contribution in [0.4, 0.5) is 13.2 Å². The molecule has 2 aromatic rings. The number of thiazole rings is 1. The van der Waals surface area contributed by atoms with Gasteiger partial charge in [0.1, 0.15) is 5.75 Å². The third-order valence-electron chi connectivity index (χ3n) is 4.53. The molecule has 0 aliphatic carbocycles. The van der Waals surface area contributed by atoms with E-state index in [9.17, 15) is 18.0 Å². The van der Waals surface area contributed by atoms with Gasteiger partial charge in [0.25, 0.3) is 5.91 Å². The van der Waals surface area contributed by atoms with Gasteiger partial charge in [-0.1, -0.05) is 13.8 Å². The number of likely N-dealkylation sites (tertiary alicyclic amines) is 1. The lowest BCUT2D eigenvalue weighted by Gasteiger charge is -2.24. The van der Waals surface area contributed by atoms with Crippen molar-refractivity contribution in [1.82, 2.24) is 9.88 Å². The number of hydrogen-bond donors (Lipinski definition) is 0. The summed E-state index contributed by atoms with van der Waals surface area (Å²) in [7, 11) is 0. The van der Waals surface area contributed by atoms with Crippen LogP contribution in [0, 0.1) is 23.7 Å². The number of nitrogens with zero attached hydrogens (tertiary/aromatic N) is 3. The highest BCUT2D eigenvalue weighted by Gasteiger charge is 2.48. The number of nitriles is 1. The number of aryl methyl sites for hydroxylation is 1. The average molecular weight is 409 g/mol. The van der Waals surface area contributed by atoms with Gasteiger partial charge in [0.15, 0.2) is 6.10 Å². The summed E-state index contributed by atoms with van der Waals surface area (Å²) in [6.07, 6.45) is -5.62. The molecule has 0 N–H and O–H groups in total. The second-order valence-electron chi connectivity index (χ2n) is 7.36. The predicted molar refractivity (Wildman–Crippen MR) is 96.6 cm³/mol. The zero-order valence-corrected chi connectivity index (χ0v) is 16.3. The maximum absolute atomic E-state index is 13.2. The molecule has 1 aromatic carbocycles. The number of carbonyl (C=O) groups is 1. The highest BCUT2D eigenvalue weighted by atomic mass is 32.1. The van der Waals surface area contributed by atoms with E-state index in [1.165, 1.54) is 23.5 Å². The molecule has 1 fully saturated rings. The van der Waals surface area contributed by atoms with Crippen molar-refractivity contribution in [3.8, 4) is 11.8 Å². The van der Waals surface area contributed by atoms with Crippen LogP contribution in [0.1, 0.15) is 35.7 Å². The second kappa shape index (κ2) is 7.09. The van der Waals surface area contributed by atoms with E-state index in [1.807, 2.05) is 26.2 Å². The van der Waals surface area contributed by atoms with E-state index in [1.54, 1.807) is 4.90 Å². The van der Waals surface area contributed by atoms with Crippen LogP contribution in [0.2, 0.25) is 0 Å². The maximum Gasteiger partial charge on any atom is 0.417 e. The smallest absolute Gasteiger partial charge is 0.417 e. The van der Waals surface area contributed by atoms with Crippen LogP contribution in [-0.2, 0) is 17.5 Å². The molecule has 28 heavy (non-hydrogen) atoms. The minimum Gasteiger partial charge on any atom is -0.480 e. The number of rotatable bonds is 4. The lowest BCUT2D eigenvalue weighted by atomic mass is 9.89. The van der Waals surface area contributed by atoms with Crippen molar-refractivity contribution >= 4 is 17.2 Å². The predicted octanol–water partition coefficient (Wildman–Crippen LogP) is 4.16. The summed E-state index contributed by atoms with van der Waals surface area (Å²) in [5.41, 5.74) is -1.40. The van der Waals surface area contributed by atoms with E-state index in [0.717, 1.165) is 22.8 Å². The Morgan fingerprint density at radius 1 is 1.43 bits per heavy atom. The molecule has 0 spiro atoms. The Bertz CT molecular complexity index is 947. The minimum absolute atomic E-state index is 0.0934. The molecule has 0 saturated carbocycles. The Hall–Kier alpha value is -2.60. The van der Waals surface area contributed by atoms with Crippen LogP contribution in [0.5, 0.6) is 5.75 Å². The zero-order chi connectivity index (χ0) is 20.7. The van der Waals surface area contributed by atoms with Crippen molar-refractivity contribution in [3.63, 3.8) is 0 Å².